The Balaban J connectivity index is -0.000000177. The van der Waals surface area contributed by atoms with Crippen LogP contribution < -0.4 is 0 Å². The summed E-state index contributed by atoms with van der Waals surface area (Å²) in [6.45, 7) is 0. The molecule has 12 heteroatoms. The van der Waals surface area contributed by atoms with Gasteiger partial charge in [-0.2, -0.15) is 0 Å². The van der Waals surface area contributed by atoms with E-state index in [0.29, 0.717) is 0 Å². The van der Waals surface area contributed by atoms with Crippen molar-refractivity contribution in [2.75, 3.05) is 0 Å². The summed E-state index contributed by atoms with van der Waals surface area (Å²) in [5, 5.41) is 15.5. The van der Waals surface area contributed by atoms with Crippen LogP contribution in [0.2, 0.25) is 0 Å². The first-order chi connectivity index (χ1) is 4.83. The van der Waals surface area contributed by atoms with E-state index in [1.165, 1.54) is 0 Å². The molecular weight excluding hydrogens is 310 g/mol. The summed E-state index contributed by atoms with van der Waals surface area (Å²) < 4.78 is 29.7. The van der Waals surface area contributed by atoms with Gasteiger partial charge in [-0.15, -0.1) is 0 Å². The zero-order chi connectivity index (χ0) is 9.49. The first-order valence-corrected chi connectivity index (χ1v) is 4.55. The average molecular weight is 314 g/mol. The van der Waals surface area contributed by atoms with Crippen LogP contribution in [0.3, 0.4) is 0 Å². The molecule has 8 nitrogen and oxygen atoms in total. The number of hydrogen-bond acceptors (Lipinski definition) is 6. The van der Waals surface area contributed by atoms with E-state index < -0.39 is 31.3 Å². The summed E-state index contributed by atoms with van der Waals surface area (Å²) in [7, 11) is -7.14. The minimum Gasteiger partial charge on any atom is 0 e. The van der Waals surface area contributed by atoms with E-state index in [4.69, 9.17) is 27.2 Å². The summed E-state index contributed by atoms with van der Waals surface area (Å²) in [5.74, 6) is 0. The summed E-state index contributed by atoms with van der Waals surface area (Å²) in [6.07, 6.45) is 0. The second-order valence-corrected chi connectivity index (χ2v) is 2.42. The molecule has 0 spiro atoms. The number of hydrogen-bond donors (Lipinski definition) is 4. The maximum absolute atomic E-state index is 9.59. The van der Waals surface area contributed by atoms with Gasteiger partial charge in [0, 0.05) is 32.7 Å². The standard InChI is InChI=1S/BH4O6P.2O.V.Y/c2-1(3)7-8(4,5)6;;;;/h2-3H,(H2,4,5,6);;;;. The molecule has 0 aromatic rings. The van der Waals surface area contributed by atoms with E-state index >= 15 is 0 Å². The SMILES string of the molecule is O=P(O)(O)OB(O)O.[O]=[V]=[O].[Y]. The van der Waals surface area contributed by atoms with Crippen molar-refractivity contribution < 1.29 is 85.1 Å². The molecule has 0 aromatic carbocycles. The number of phosphoric acid groups is 1. The fraction of sp³-hybridized carbons (Fsp3) is 0. The van der Waals surface area contributed by atoms with Gasteiger partial charge in [-0.1, -0.05) is 0 Å². The Hall–Kier alpha value is 1.38. The zero-order valence-electron chi connectivity index (χ0n) is 5.47. The van der Waals surface area contributed by atoms with E-state index in [9.17, 15) is 4.57 Å². The van der Waals surface area contributed by atoms with Crippen LogP contribution in [0.4, 0.5) is 0 Å². The Labute approximate surface area is 99.5 Å². The Morgan fingerprint density at radius 1 is 1.25 bits per heavy atom. The van der Waals surface area contributed by atoms with Crippen molar-refractivity contribution in [2.45, 2.75) is 0 Å². The first-order valence-electron chi connectivity index (χ1n) is 1.88. The zero-order valence-corrected chi connectivity index (χ0v) is 10.6. The maximum Gasteiger partial charge on any atom is 0 e. The normalized spacial score (nSPS) is 8.33. The largest absolute Gasteiger partial charge is 0 e. The van der Waals surface area contributed by atoms with Crippen LogP contribution in [0, 0.1) is 0 Å². The van der Waals surface area contributed by atoms with Gasteiger partial charge in [-0.3, -0.25) is 4.44 Å². The summed E-state index contributed by atoms with van der Waals surface area (Å²) in [6, 6.07) is 0. The molecule has 0 aliphatic heterocycles. The van der Waals surface area contributed by atoms with Gasteiger partial charge in [0.25, 0.3) is 0 Å². The van der Waals surface area contributed by atoms with Crippen molar-refractivity contribution in [3.05, 3.63) is 0 Å². The molecule has 0 aliphatic carbocycles. The predicted molar refractivity (Wildman–Crippen MR) is 24.7 cm³/mol. The van der Waals surface area contributed by atoms with Crippen LogP contribution >= 0.6 is 7.82 Å². The van der Waals surface area contributed by atoms with E-state index in [1.807, 2.05) is 0 Å². The second-order valence-electron chi connectivity index (χ2n) is 0.997. The summed E-state index contributed by atoms with van der Waals surface area (Å²) in [4.78, 5) is 15.5. The van der Waals surface area contributed by atoms with E-state index in [-0.39, 0.29) is 32.7 Å². The van der Waals surface area contributed by atoms with Crippen molar-refractivity contribution in [3.63, 3.8) is 0 Å². The Kier molecular flexibility index (Phi) is 16.6. The van der Waals surface area contributed by atoms with Crippen LogP contribution in [0.25, 0.3) is 0 Å². The fourth-order valence-electron chi connectivity index (χ4n) is 0.123. The van der Waals surface area contributed by atoms with Gasteiger partial charge in [-0.05, 0) is 0 Å². The molecular formula is H4BO8PVY. The van der Waals surface area contributed by atoms with Crippen LogP contribution in [0.1, 0.15) is 0 Å². The molecule has 0 aromatic heterocycles. The van der Waals surface area contributed by atoms with Crippen LogP contribution in [0.15, 0.2) is 0 Å². The van der Waals surface area contributed by atoms with Crippen molar-refractivity contribution in [2.24, 2.45) is 0 Å². The first kappa shape index (κ1) is 19.0. The Morgan fingerprint density at radius 2 is 1.50 bits per heavy atom. The smallest absolute Gasteiger partial charge is 0 e. The summed E-state index contributed by atoms with van der Waals surface area (Å²) >= 11 is -1.81. The second kappa shape index (κ2) is 10.5. The maximum atomic E-state index is 9.59. The molecule has 4 N–H and O–H groups in total. The molecule has 0 atom stereocenters. The third-order valence-electron chi connectivity index (χ3n) is 0.232. The fourth-order valence-corrected chi connectivity index (χ4v) is 0.368. The molecule has 0 fully saturated rings. The monoisotopic (exact) mass is 314 g/mol. The molecule has 68 valence electrons. The third-order valence-corrected chi connectivity index (χ3v) is 0.695. The van der Waals surface area contributed by atoms with Crippen molar-refractivity contribution >= 4 is 15.1 Å². The van der Waals surface area contributed by atoms with Crippen molar-refractivity contribution in [3.8, 4) is 0 Å². The van der Waals surface area contributed by atoms with Gasteiger partial charge in [0.15, 0.2) is 0 Å². The van der Waals surface area contributed by atoms with Gasteiger partial charge in [0.05, 0.1) is 0 Å². The van der Waals surface area contributed by atoms with Gasteiger partial charge in [0.1, 0.15) is 0 Å². The minimum absolute atomic E-state index is 0. The van der Waals surface area contributed by atoms with Crippen LogP contribution in [-0.2, 0) is 65.2 Å². The predicted octanol–water partition coefficient (Wildman–Crippen LogP) is -2.18. The molecule has 0 rings (SSSR count). The molecule has 0 saturated carbocycles. The molecule has 0 saturated heterocycles. The van der Waals surface area contributed by atoms with Gasteiger partial charge in [-0.25, -0.2) is 4.57 Å². The van der Waals surface area contributed by atoms with Gasteiger partial charge < -0.3 is 19.8 Å². The van der Waals surface area contributed by atoms with Crippen LogP contribution in [0.5, 0.6) is 0 Å². The van der Waals surface area contributed by atoms with E-state index in [1.54, 1.807) is 0 Å². The van der Waals surface area contributed by atoms with Crippen molar-refractivity contribution in [1.29, 1.82) is 0 Å². The molecule has 0 amide bonds. The quantitative estimate of drug-likeness (QED) is 0.333. The third kappa shape index (κ3) is 30.1. The van der Waals surface area contributed by atoms with Gasteiger partial charge in [0.2, 0.25) is 0 Å². The van der Waals surface area contributed by atoms with E-state index in [2.05, 4.69) is 4.44 Å². The Morgan fingerprint density at radius 3 is 1.50 bits per heavy atom. The average Bonchev–Trinajstić information content (AvgIpc) is 1.57. The van der Waals surface area contributed by atoms with Crippen molar-refractivity contribution in [1.82, 2.24) is 0 Å². The van der Waals surface area contributed by atoms with E-state index in [0.717, 1.165) is 0 Å². The molecule has 0 unspecified atom stereocenters. The molecule has 12 heavy (non-hydrogen) atoms. The van der Waals surface area contributed by atoms with Crippen LogP contribution in [-0.4, -0.2) is 27.2 Å². The molecule has 1 radical (unpaired) electrons. The molecule has 0 bridgehead atoms. The minimum atomic E-state index is -4.72. The number of rotatable bonds is 2. The topological polar surface area (TPSA) is 141 Å². The summed E-state index contributed by atoms with van der Waals surface area (Å²) in [5.41, 5.74) is 0. The molecule has 0 aliphatic rings. The Bertz CT molecular complexity index is 168. The molecule has 0 heterocycles. The van der Waals surface area contributed by atoms with Gasteiger partial charge >= 0.3 is 38.7 Å².